The summed E-state index contributed by atoms with van der Waals surface area (Å²) in [5.41, 5.74) is 2.94. The van der Waals surface area contributed by atoms with E-state index in [0.29, 0.717) is 22.2 Å². The number of hydrogen-bond donors (Lipinski definition) is 2. The van der Waals surface area contributed by atoms with Crippen LogP contribution in [0.2, 0.25) is 0 Å². The summed E-state index contributed by atoms with van der Waals surface area (Å²) < 4.78 is 14.9. The third-order valence-electron chi connectivity index (χ3n) is 4.86. The summed E-state index contributed by atoms with van der Waals surface area (Å²) in [6.07, 6.45) is 0. The number of hydrogen-bond acceptors (Lipinski definition) is 5. The number of carbonyl (C=O) groups excluding carboxylic acids is 2. The number of carbonyl (C=O) groups is 2. The van der Waals surface area contributed by atoms with E-state index in [9.17, 15) is 14.0 Å². The maximum absolute atomic E-state index is 13.1. The standard InChI is InChI=1S/C25H22FN5O2S/c1-17-6-5-9-21(14-17)31-22(15-27-24(33)18-7-3-2-4-8-18)29-30-25(31)34-16-23(32)28-20-12-10-19(26)11-13-20/h2-14H,15-16H2,1H3,(H,27,33)(H,28,32). The summed E-state index contributed by atoms with van der Waals surface area (Å²) >= 11 is 1.22. The van der Waals surface area contributed by atoms with Crippen LogP contribution in [0, 0.1) is 12.7 Å². The van der Waals surface area contributed by atoms with E-state index in [1.54, 1.807) is 24.3 Å². The molecule has 0 spiro atoms. The number of thioether (sulfide) groups is 1. The summed E-state index contributed by atoms with van der Waals surface area (Å²) in [6, 6.07) is 22.3. The quantitative estimate of drug-likeness (QED) is 0.369. The van der Waals surface area contributed by atoms with Crippen LogP contribution in [0.4, 0.5) is 10.1 Å². The van der Waals surface area contributed by atoms with Crippen LogP contribution in [0.15, 0.2) is 84.0 Å². The van der Waals surface area contributed by atoms with Crippen molar-refractivity contribution in [1.29, 1.82) is 0 Å². The number of benzene rings is 3. The molecule has 0 saturated carbocycles. The monoisotopic (exact) mass is 475 g/mol. The smallest absolute Gasteiger partial charge is 0.251 e. The molecular formula is C25H22FN5O2S. The van der Waals surface area contributed by atoms with Crippen LogP contribution < -0.4 is 10.6 Å². The summed E-state index contributed by atoms with van der Waals surface area (Å²) in [4.78, 5) is 24.9. The molecule has 4 aromatic rings. The van der Waals surface area contributed by atoms with Crippen LogP contribution >= 0.6 is 11.8 Å². The first-order chi connectivity index (χ1) is 16.5. The Balaban J connectivity index is 1.50. The van der Waals surface area contributed by atoms with Crippen LogP contribution in [-0.4, -0.2) is 32.3 Å². The van der Waals surface area contributed by atoms with E-state index in [1.807, 2.05) is 41.8 Å². The van der Waals surface area contributed by atoms with Crippen LogP contribution in [0.5, 0.6) is 0 Å². The molecule has 0 fully saturated rings. The van der Waals surface area contributed by atoms with Crippen LogP contribution in [0.1, 0.15) is 21.7 Å². The third kappa shape index (κ3) is 5.87. The molecule has 0 saturated heterocycles. The van der Waals surface area contributed by atoms with Gasteiger partial charge in [-0.25, -0.2) is 4.39 Å². The fourth-order valence-electron chi connectivity index (χ4n) is 3.25. The molecule has 34 heavy (non-hydrogen) atoms. The van der Waals surface area contributed by atoms with Gasteiger partial charge in [-0.05, 0) is 61.0 Å². The molecule has 0 aliphatic carbocycles. The summed E-state index contributed by atoms with van der Waals surface area (Å²) in [5.74, 6) is -0.221. The van der Waals surface area contributed by atoms with E-state index in [-0.39, 0.29) is 29.9 Å². The molecule has 2 N–H and O–H groups in total. The van der Waals surface area contributed by atoms with E-state index >= 15 is 0 Å². The highest BCUT2D eigenvalue weighted by atomic mass is 32.2. The lowest BCUT2D eigenvalue weighted by molar-refractivity contribution is -0.113. The minimum Gasteiger partial charge on any atom is -0.345 e. The molecule has 0 bridgehead atoms. The Labute approximate surface area is 200 Å². The van der Waals surface area contributed by atoms with Gasteiger partial charge >= 0.3 is 0 Å². The molecule has 0 aliphatic heterocycles. The number of rotatable bonds is 8. The van der Waals surface area contributed by atoms with Crippen LogP contribution in [-0.2, 0) is 11.3 Å². The molecule has 7 nitrogen and oxygen atoms in total. The summed E-state index contributed by atoms with van der Waals surface area (Å²) in [6.45, 7) is 2.14. The molecule has 1 heterocycles. The van der Waals surface area contributed by atoms with Gasteiger partial charge < -0.3 is 10.6 Å². The number of aromatic nitrogens is 3. The Morgan fingerprint density at radius 1 is 0.971 bits per heavy atom. The summed E-state index contributed by atoms with van der Waals surface area (Å²) in [7, 11) is 0. The van der Waals surface area contributed by atoms with Crippen molar-refractivity contribution in [2.75, 3.05) is 11.1 Å². The molecule has 1 aromatic heterocycles. The van der Waals surface area contributed by atoms with Crippen molar-refractivity contribution < 1.29 is 14.0 Å². The van der Waals surface area contributed by atoms with E-state index in [2.05, 4.69) is 20.8 Å². The number of nitrogens with zero attached hydrogens (tertiary/aromatic N) is 3. The van der Waals surface area contributed by atoms with Gasteiger partial charge in [0.25, 0.3) is 5.91 Å². The Morgan fingerprint density at radius 3 is 2.47 bits per heavy atom. The van der Waals surface area contributed by atoms with Gasteiger partial charge in [0.2, 0.25) is 5.91 Å². The molecular weight excluding hydrogens is 453 g/mol. The van der Waals surface area contributed by atoms with Crippen molar-refractivity contribution >= 4 is 29.3 Å². The predicted octanol–water partition coefficient (Wildman–Crippen LogP) is 4.38. The van der Waals surface area contributed by atoms with Gasteiger partial charge in [-0.1, -0.05) is 42.1 Å². The van der Waals surface area contributed by atoms with Gasteiger partial charge in [-0.2, -0.15) is 0 Å². The number of halogens is 1. The number of aryl methyl sites for hydroxylation is 1. The molecule has 4 rings (SSSR count). The minimum atomic E-state index is -0.370. The normalized spacial score (nSPS) is 10.6. The second kappa shape index (κ2) is 10.8. The number of anilines is 1. The lowest BCUT2D eigenvalue weighted by atomic mass is 10.2. The maximum Gasteiger partial charge on any atom is 0.251 e. The van der Waals surface area contributed by atoms with Gasteiger partial charge in [0.1, 0.15) is 5.82 Å². The van der Waals surface area contributed by atoms with Gasteiger partial charge in [-0.15, -0.1) is 10.2 Å². The van der Waals surface area contributed by atoms with Gasteiger partial charge in [0.15, 0.2) is 11.0 Å². The molecule has 0 radical (unpaired) electrons. The maximum atomic E-state index is 13.1. The molecule has 0 unspecified atom stereocenters. The molecule has 172 valence electrons. The highest BCUT2D eigenvalue weighted by Gasteiger charge is 2.17. The SMILES string of the molecule is Cc1cccc(-n2c(CNC(=O)c3ccccc3)nnc2SCC(=O)Nc2ccc(F)cc2)c1. The van der Waals surface area contributed by atoms with Crippen molar-refractivity contribution in [3.8, 4) is 5.69 Å². The van der Waals surface area contributed by atoms with Crippen molar-refractivity contribution in [1.82, 2.24) is 20.1 Å². The molecule has 2 amide bonds. The van der Waals surface area contributed by atoms with Gasteiger partial charge in [-0.3, -0.25) is 14.2 Å². The average molecular weight is 476 g/mol. The third-order valence-corrected chi connectivity index (χ3v) is 5.79. The van der Waals surface area contributed by atoms with Crippen molar-refractivity contribution in [3.05, 3.63) is 102 Å². The fraction of sp³-hybridized carbons (Fsp3) is 0.120. The van der Waals surface area contributed by atoms with E-state index < -0.39 is 0 Å². The Bertz CT molecular complexity index is 1290. The van der Waals surface area contributed by atoms with E-state index in [0.717, 1.165) is 11.3 Å². The van der Waals surface area contributed by atoms with Crippen molar-refractivity contribution in [3.63, 3.8) is 0 Å². The van der Waals surface area contributed by atoms with E-state index in [1.165, 1.54) is 36.0 Å². The number of nitrogens with one attached hydrogen (secondary N) is 2. The highest BCUT2D eigenvalue weighted by Crippen LogP contribution is 2.23. The lowest BCUT2D eigenvalue weighted by Crippen LogP contribution is -2.24. The Kier molecular flexibility index (Phi) is 7.34. The van der Waals surface area contributed by atoms with Crippen molar-refractivity contribution in [2.24, 2.45) is 0 Å². The van der Waals surface area contributed by atoms with Gasteiger partial charge in [0.05, 0.1) is 12.3 Å². The van der Waals surface area contributed by atoms with Gasteiger partial charge in [0, 0.05) is 16.9 Å². The predicted molar refractivity (Wildman–Crippen MR) is 129 cm³/mol. The zero-order valence-corrected chi connectivity index (χ0v) is 19.2. The number of amides is 2. The molecule has 0 aliphatic rings. The van der Waals surface area contributed by atoms with E-state index in [4.69, 9.17) is 0 Å². The second-order valence-electron chi connectivity index (χ2n) is 7.47. The van der Waals surface area contributed by atoms with Crippen molar-refractivity contribution in [2.45, 2.75) is 18.6 Å². The average Bonchev–Trinajstić information content (AvgIpc) is 3.26. The first kappa shape index (κ1) is 23.2. The Morgan fingerprint density at radius 2 is 1.74 bits per heavy atom. The fourth-order valence-corrected chi connectivity index (χ4v) is 4.02. The van der Waals surface area contributed by atoms with Crippen LogP contribution in [0.25, 0.3) is 5.69 Å². The zero-order chi connectivity index (χ0) is 23.9. The molecule has 0 atom stereocenters. The first-order valence-corrected chi connectivity index (χ1v) is 11.5. The zero-order valence-electron chi connectivity index (χ0n) is 18.4. The molecule has 3 aromatic carbocycles. The topological polar surface area (TPSA) is 88.9 Å². The second-order valence-corrected chi connectivity index (χ2v) is 8.41. The minimum absolute atomic E-state index is 0.0811. The Hall–Kier alpha value is -3.98. The lowest BCUT2D eigenvalue weighted by Gasteiger charge is -2.12. The molecule has 9 heteroatoms. The summed E-state index contributed by atoms with van der Waals surface area (Å²) in [5, 5.41) is 14.6. The highest BCUT2D eigenvalue weighted by molar-refractivity contribution is 7.99. The largest absolute Gasteiger partial charge is 0.345 e. The first-order valence-electron chi connectivity index (χ1n) is 10.5. The van der Waals surface area contributed by atoms with Crippen LogP contribution in [0.3, 0.4) is 0 Å².